The van der Waals surface area contributed by atoms with Crippen LogP contribution in [-0.4, -0.2) is 12.1 Å². The van der Waals surface area contributed by atoms with Crippen molar-refractivity contribution in [1.29, 1.82) is 0 Å². The lowest BCUT2D eigenvalue weighted by molar-refractivity contribution is 0.408. The number of halogens is 2. The molecule has 0 aliphatic carbocycles. The first-order valence-corrected chi connectivity index (χ1v) is 6.97. The van der Waals surface area contributed by atoms with Crippen LogP contribution in [0.2, 0.25) is 10.0 Å². The molecule has 0 amide bonds. The summed E-state index contributed by atoms with van der Waals surface area (Å²) in [6, 6.07) is 7.34. The van der Waals surface area contributed by atoms with Crippen LogP contribution in [0.5, 0.6) is 5.75 Å². The molecule has 1 aromatic carbocycles. The van der Waals surface area contributed by atoms with Crippen LogP contribution < -0.4 is 10.5 Å². The molecular weight excluding hydrogens is 295 g/mol. The molecular formula is C15H16Cl2N2O. The summed E-state index contributed by atoms with van der Waals surface area (Å²) < 4.78 is 5.36. The minimum atomic E-state index is -0.310. The maximum atomic E-state index is 6.21. The van der Waals surface area contributed by atoms with E-state index in [-0.39, 0.29) is 6.04 Å². The Morgan fingerprint density at radius 1 is 1.30 bits per heavy atom. The summed E-state index contributed by atoms with van der Waals surface area (Å²) in [5.74, 6) is 0.816. The van der Waals surface area contributed by atoms with Gasteiger partial charge in [0.1, 0.15) is 5.75 Å². The van der Waals surface area contributed by atoms with E-state index in [0.717, 1.165) is 16.9 Å². The van der Waals surface area contributed by atoms with Gasteiger partial charge in [0.2, 0.25) is 0 Å². The summed E-state index contributed by atoms with van der Waals surface area (Å²) in [4.78, 5) is 4.22. The van der Waals surface area contributed by atoms with Gasteiger partial charge in [0, 0.05) is 6.20 Å². The zero-order valence-corrected chi connectivity index (χ0v) is 12.9. The summed E-state index contributed by atoms with van der Waals surface area (Å²) in [6.07, 6.45) is 2.15. The molecule has 0 saturated carbocycles. The van der Waals surface area contributed by atoms with E-state index >= 15 is 0 Å². The number of nitrogens with two attached hydrogens (primary N) is 1. The molecule has 1 unspecified atom stereocenters. The van der Waals surface area contributed by atoms with Gasteiger partial charge in [0.05, 0.1) is 28.9 Å². The van der Waals surface area contributed by atoms with E-state index in [1.807, 2.05) is 19.1 Å². The molecule has 0 saturated heterocycles. The SMILES string of the molecule is COc1ccc(C)cc1CC(N)c1ncc(Cl)cc1Cl. The molecule has 5 heteroatoms. The summed E-state index contributed by atoms with van der Waals surface area (Å²) in [5.41, 5.74) is 9.04. The highest BCUT2D eigenvalue weighted by Crippen LogP contribution is 2.28. The van der Waals surface area contributed by atoms with Crippen LogP contribution in [0.3, 0.4) is 0 Å². The molecule has 0 aliphatic heterocycles. The second kappa shape index (κ2) is 6.44. The summed E-state index contributed by atoms with van der Waals surface area (Å²) in [6.45, 7) is 2.03. The van der Waals surface area contributed by atoms with Gasteiger partial charge in [-0.1, -0.05) is 40.9 Å². The van der Waals surface area contributed by atoms with E-state index in [1.54, 1.807) is 19.4 Å². The van der Waals surface area contributed by atoms with Crippen molar-refractivity contribution in [2.24, 2.45) is 5.73 Å². The number of aryl methyl sites for hydroxylation is 1. The van der Waals surface area contributed by atoms with Gasteiger partial charge >= 0.3 is 0 Å². The molecule has 0 spiro atoms. The van der Waals surface area contributed by atoms with Crippen LogP contribution in [0.1, 0.15) is 22.9 Å². The Labute approximate surface area is 128 Å². The fraction of sp³-hybridized carbons (Fsp3) is 0.267. The molecule has 0 radical (unpaired) electrons. The van der Waals surface area contributed by atoms with E-state index in [9.17, 15) is 0 Å². The highest BCUT2D eigenvalue weighted by Gasteiger charge is 2.15. The number of aromatic nitrogens is 1. The molecule has 2 N–H and O–H groups in total. The molecule has 0 fully saturated rings. The van der Waals surface area contributed by atoms with Crippen molar-refractivity contribution in [3.63, 3.8) is 0 Å². The number of benzene rings is 1. The highest BCUT2D eigenvalue weighted by molar-refractivity contribution is 6.34. The lowest BCUT2D eigenvalue weighted by Gasteiger charge is -2.15. The number of hydrogen-bond donors (Lipinski definition) is 1. The topological polar surface area (TPSA) is 48.1 Å². The second-order valence-electron chi connectivity index (χ2n) is 4.65. The number of ether oxygens (including phenoxy) is 1. The quantitative estimate of drug-likeness (QED) is 0.930. The van der Waals surface area contributed by atoms with Crippen LogP contribution in [-0.2, 0) is 6.42 Å². The maximum absolute atomic E-state index is 6.21. The highest BCUT2D eigenvalue weighted by atomic mass is 35.5. The number of methoxy groups -OCH3 is 1. The molecule has 3 nitrogen and oxygen atoms in total. The first-order valence-electron chi connectivity index (χ1n) is 6.21. The number of nitrogens with zero attached hydrogens (tertiary/aromatic N) is 1. The molecule has 1 atom stereocenters. The molecule has 0 bridgehead atoms. The van der Waals surface area contributed by atoms with Gasteiger partial charge < -0.3 is 10.5 Å². The van der Waals surface area contributed by atoms with Crippen molar-refractivity contribution in [3.05, 3.63) is 57.3 Å². The molecule has 2 aromatic rings. The van der Waals surface area contributed by atoms with Crippen molar-refractivity contribution in [1.82, 2.24) is 4.98 Å². The Morgan fingerprint density at radius 2 is 2.05 bits per heavy atom. The van der Waals surface area contributed by atoms with Gasteiger partial charge in [0.25, 0.3) is 0 Å². The third kappa shape index (κ3) is 3.42. The first kappa shape index (κ1) is 15.1. The van der Waals surface area contributed by atoms with Crippen molar-refractivity contribution < 1.29 is 4.74 Å². The van der Waals surface area contributed by atoms with Crippen LogP contribution in [0.4, 0.5) is 0 Å². The van der Waals surface area contributed by atoms with E-state index < -0.39 is 0 Å². The summed E-state index contributed by atoms with van der Waals surface area (Å²) in [7, 11) is 1.65. The van der Waals surface area contributed by atoms with Gasteiger partial charge in [0.15, 0.2) is 0 Å². The van der Waals surface area contributed by atoms with Gasteiger partial charge in [-0.3, -0.25) is 4.98 Å². The molecule has 20 heavy (non-hydrogen) atoms. The van der Waals surface area contributed by atoms with Crippen LogP contribution in [0, 0.1) is 6.92 Å². The van der Waals surface area contributed by atoms with Crippen molar-refractivity contribution in [3.8, 4) is 5.75 Å². The Balaban J connectivity index is 2.27. The number of pyridine rings is 1. The molecule has 106 valence electrons. The normalized spacial score (nSPS) is 12.2. The monoisotopic (exact) mass is 310 g/mol. The van der Waals surface area contributed by atoms with Crippen LogP contribution in [0.15, 0.2) is 30.5 Å². The summed E-state index contributed by atoms with van der Waals surface area (Å²) in [5, 5.41) is 0.982. The Hall–Kier alpha value is -1.29. The predicted molar refractivity (Wildman–Crippen MR) is 82.6 cm³/mol. The Morgan fingerprint density at radius 3 is 2.70 bits per heavy atom. The number of hydrogen-bond acceptors (Lipinski definition) is 3. The van der Waals surface area contributed by atoms with Crippen molar-refractivity contribution >= 4 is 23.2 Å². The minimum Gasteiger partial charge on any atom is -0.496 e. The largest absolute Gasteiger partial charge is 0.496 e. The molecule has 1 heterocycles. The van der Waals surface area contributed by atoms with E-state index in [4.69, 9.17) is 33.7 Å². The van der Waals surface area contributed by atoms with E-state index in [0.29, 0.717) is 22.2 Å². The van der Waals surface area contributed by atoms with Crippen LogP contribution in [0.25, 0.3) is 0 Å². The fourth-order valence-corrected chi connectivity index (χ4v) is 2.62. The van der Waals surface area contributed by atoms with Crippen molar-refractivity contribution in [2.75, 3.05) is 7.11 Å². The minimum absolute atomic E-state index is 0.310. The second-order valence-corrected chi connectivity index (χ2v) is 5.49. The third-order valence-electron chi connectivity index (χ3n) is 3.06. The van der Waals surface area contributed by atoms with Gasteiger partial charge in [-0.05, 0) is 31.0 Å². The standard InChI is InChI=1S/C15H16Cl2N2O/c1-9-3-4-14(20-2)10(5-9)6-13(18)15-12(17)7-11(16)8-19-15/h3-5,7-8,13H,6,18H2,1-2H3. The van der Waals surface area contributed by atoms with Gasteiger partial charge in [-0.25, -0.2) is 0 Å². The molecule has 2 rings (SSSR count). The van der Waals surface area contributed by atoms with Gasteiger partial charge in [-0.2, -0.15) is 0 Å². The zero-order valence-electron chi connectivity index (χ0n) is 11.4. The molecule has 0 aliphatic rings. The lowest BCUT2D eigenvalue weighted by Crippen LogP contribution is -2.16. The summed E-state index contributed by atoms with van der Waals surface area (Å²) >= 11 is 12.0. The van der Waals surface area contributed by atoms with Gasteiger partial charge in [-0.15, -0.1) is 0 Å². The van der Waals surface area contributed by atoms with Crippen LogP contribution >= 0.6 is 23.2 Å². The lowest BCUT2D eigenvalue weighted by atomic mass is 10.0. The number of rotatable bonds is 4. The van der Waals surface area contributed by atoms with Crippen molar-refractivity contribution in [2.45, 2.75) is 19.4 Å². The zero-order chi connectivity index (χ0) is 14.7. The Kier molecular flexibility index (Phi) is 4.86. The molecule has 1 aromatic heterocycles. The smallest absolute Gasteiger partial charge is 0.122 e. The average Bonchev–Trinajstić information content (AvgIpc) is 2.38. The maximum Gasteiger partial charge on any atom is 0.122 e. The fourth-order valence-electron chi connectivity index (χ4n) is 2.10. The Bertz CT molecular complexity index is 617. The average molecular weight is 311 g/mol. The first-order chi connectivity index (χ1) is 9.51. The predicted octanol–water partition coefficient (Wildman–Crippen LogP) is 3.95. The van der Waals surface area contributed by atoms with E-state index in [1.165, 1.54) is 0 Å². The third-order valence-corrected chi connectivity index (χ3v) is 3.57. The van der Waals surface area contributed by atoms with E-state index in [2.05, 4.69) is 11.1 Å².